The van der Waals surface area contributed by atoms with Crippen molar-refractivity contribution in [3.8, 4) is 0 Å². The van der Waals surface area contributed by atoms with Gasteiger partial charge in [-0.15, -0.1) is 0 Å². The number of amides is 2. The van der Waals surface area contributed by atoms with Gasteiger partial charge in [-0.05, 0) is 30.7 Å². The summed E-state index contributed by atoms with van der Waals surface area (Å²) < 4.78 is 0. The normalized spacial score (nSPS) is 18.1. The molecule has 102 valence electrons. The third-order valence-corrected chi connectivity index (χ3v) is 3.58. The van der Waals surface area contributed by atoms with Crippen LogP contribution in [-0.4, -0.2) is 23.3 Å². The summed E-state index contributed by atoms with van der Waals surface area (Å²) in [7, 11) is 0. The maximum atomic E-state index is 12.2. The Balaban J connectivity index is 1.89. The summed E-state index contributed by atoms with van der Waals surface area (Å²) in [6.07, 6.45) is 1.99. The lowest BCUT2D eigenvalue weighted by Gasteiger charge is -2.12. The van der Waals surface area contributed by atoms with Crippen LogP contribution in [0.15, 0.2) is 30.5 Å². The lowest BCUT2D eigenvalue weighted by atomic mass is 10.1. The highest BCUT2D eigenvalue weighted by molar-refractivity contribution is 6.04. The number of nitrogens with one attached hydrogen (secondary N) is 2. The average Bonchev–Trinajstić information content (AvgIpc) is 2.89. The number of hydrogen-bond donors (Lipinski definition) is 2. The Hall–Kier alpha value is -2.43. The van der Waals surface area contributed by atoms with Crippen molar-refractivity contribution >= 4 is 28.4 Å². The van der Waals surface area contributed by atoms with Gasteiger partial charge < -0.3 is 10.6 Å². The van der Waals surface area contributed by atoms with E-state index in [4.69, 9.17) is 0 Å². The Bertz CT molecular complexity index is 697. The summed E-state index contributed by atoms with van der Waals surface area (Å²) in [5, 5.41) is 6.49. The molecule has 2 amide bonds. The van der Waals surface area contributed by atoms with Crippen molar-refractivity contribution in [3.63, 3.8) is 0 Å². The fourth-order valence-corrected chi connectivity index (χ4v) is 2.45. The van der Waals surface area contributed by atoms with Crippen molar-refractivity contribution in [2.45, 2.75) is 13.3 Å². The molecule has 0 saturated carbocycles. The van der Waals surface area contributed by atoms with E-state index in [0.29, 0.717) is 6.54 Å². The summed E-state index contributed by atoms with van der Waals surface area (Å²) in [4.78, 5) is 27.7. The van der Waals surface area contributed by atoms with Gasteiger partial charge in [0.2, 0.25) is 11.8 Å². The maximum Gasteiger partial charge on any atom is 0.229 e. The van der Waals surface area contributed by atoms with Crippen LogP contribution in [0.4, 0.5) is 5.69 Å². The lowest BCUT2D eigenvalue weighted by Crippen LogP contribution is -2.24. The number of rotatable bonds is 2. The van der Waals surface area contributed by atoms with Gasteiger partial charge in [-0.25, -0.2) is 0 Å². The summed E-state index contributed by atoms with van der Waals surface area (Å²) >= 11 is 0. The molecule has 1 unspecified atom stereocenters. The fourth-order valence-electron chi connectivity index (χ4n) is 2.45. The first kappa shape index (κ1) is 12.6. The molecule has 1 aromatic heterocycles. The van der Waals surface area contributed by atoms with Crippen molar-refractivity contribution in [1.82, 2.24) is 10.3 Å². The predicted molar refractivity (Wildman–Crippen MR) is 76.2 cm³/mol. The van der Waals surface area contributed by atoms with Crippen LogP contribution >= 0.6 is 0 Å². The van der Waals surface area contributed by atoms with E-state index in [1.54, 1.807) is 6.20 Å². The topological polar surface area (TPSA) is 71.1 Å². The highest BCUT2D eigenvalue weighted by Crippen LogP contribution is 2.25. The monoisotopic (exact) mass is 269 g/mol. The number of hydrogen-bond acceptors (Lipinski definition) is 3. The van der Waals surface area contributed by atoms with Crippen LogP contribution in [0.2, 0.25) is 0 Å². The maximum absolute atomic E-state index is 12.2. The van der Waals surface area contributed by atoms with E-state index in [0.717, 1.165) is 22.2 Å². The number of aromatic nitrogens is 1. The molecule has 2 N–H and O–H groups in total. The molecule has 1 aromatic carbocycles. The largest absolute Gasteiger partial charge is 0.355 e. The first-order valence-electron chi connectivity index (χ1n) is 6.57. The van der Waals surface area contributed by atoms with Crippen LogP contribution in [0.3, 0.4) is 0 Å². The van der Waals surface area contributed by atoms with E-state index < -0.39 is 0 Å². The first-order chi connectivity index (χ1) is 9.65. The molecule has 1 aliphatic heterocycles. The van der Waals surface area contributed by atoms with E-state index in [2.05, 4.69) is 15.6 Å². The number of fused-ring (bicyclic) bond motifs is 1. The number of anilines is 1. The minimum absolute atomic E-state index is 0.0689. The molecular weight excluding hydrogens is 254 g/mol. The van der Waals surface area contributed by atoms with Crippen LogP contribution in [0.25, 0.3) is 10.9 Å². The smallest absolute Gasteiger partial charge is 0.229 e. The zero-order valence-corrected chi connectivity index (χ0v) is 11.1. The molecule has 3 rings (SSSR count). The number of carbonyl (C=O) groups excluding carboxylic acids is 2. The average molecular weight is 269 g/mol. The zero-order valence-electron chi connectivity index (χ0n) is 11.1. The molecule has 1 atom stereocenters. The van der Waals surface area contributed by atoms with Crippen molar-refractivity contribution < 1.29 is 9.59 Å². The van der Waals surface area contributed by atoms with Gasteiger partial charge in [-0.1, -0.05) is 6.07 Å². The van der Waals surface area contributed by atoms with E-state index >= 15 is 0 Å². The van der Waals surface area contributed by atoms with Crippen LogP contribution in [0.1, 0.15) is 12.0 Å². The van der Waals surface area contributed by atoms with E-state index in [1.165, 1.54) is 0 Å². The summed E-state index contributed by atoms with van der Waals surface area (Å²) in [5.41, 5.74) is 2.69. The molecular formula is C15H15N3O2. The minimum Gasteiger partial charge on any atom is -0.355 e. The molecule has 1 aliphatic rings. The number of benzene rings is 1. The molecule has 20 heavy (non-hydrogen) atoms. The van der Waals surface area contributed by atoms with Crippen molar-refractivity contribution in [2.75, 3.05) is 11.9 Å². The molecule has 0 aliphatic carbocycles. The lowest BCUT2D eigenvalue weighted by molar-refractivity contribution is -0.123. The molecule has 0 spiro atoms. The van der Waals surface area contributed by atoms with Crippen LogP contribution in [0.5, 0.6) is 0 Å². The Labute approximate surface area is 116 Å². The molecule has 1 saturated heterocycles. The zero-order chi connectivity index (χ0) is 14.1. The Morgan fingerprint density at radius 2 is 2.25 bits per heavy atom. The Morgan fingerprint density at radius 1 is 1.40 bits per heavy atom. The second-order valence-corrected chi connectivity index (χ2v) is 5.02. The third-order valence-electron chi connectivity index (χ3n) is 3.58. The molecule has 0 bridgehead atoms. The number of nitrogens with zero attached hydrogens (tertiary/aromatic N) is 1. The van der Waals surface area contributed by atoms with Crippen LogP contribution < -0.4 is 10.6 Å². The van der Waals surface area contributed by atoms with Gasteiger partial charge in [0.1, 0.15) is 0 Å². The van der Waals surface area contributed by atoms with Gasteiger partial charge in [-0.2, -0.15) is 0 Å². The molecule has 0 radical (unpaired) electrons. The number of pyridine rings is 1. The van der Waals surface area contributed by atoms with Gasteiger partial charge in [0.25, 0.3) is 0 Å². The minimum atomic E-state index is -0.296. The van der Waals surface area contributed by atoms with Crippen molar-refractivity contribution in [2.24, 2.45) is 5.92 Å². The standard InChI is InChI=1S/C15H15N3O2/c1-9-4-5-12(11-3-2-6-16-14(9)11)18-15(20)10-7-13(19)17-8-10/h2-6,10H,7-8H2,1H3,(H,17,19)(H,18,20). The van der Waals surface area contributed by atoms with Crippen molar-refractivity contribution in [1.29, 1.82) is 0 Å². The second-order valence-electron chi connectivity index (χ2n) is 5.02. The van der Waals surface area contributed by atoms with Crippen molar-refractivity contribution in [3.05, 3.63) is 36.0 Å². The molecule has 5 nitrogen and oxygen atoms in total. The quantitative estimate of drug-likeness (QED) is 0.870. The van der Waals surface area contributed by atoms with E-state index in [-0.39, 0.29) is 24.2 Å². The third kappa shape index (κ3) is 2.22. The summed E-state index contributed by atoms with van der Waals surface area (Å²) in [5.74, 6) is -0.492. The Morgan fingerprint density at radius 3 is 3.00 bits per heavy atom. The SMILES string of the molecule is Cc1ccc(NC(=O)C2CNC(=O)C2)c2cccnc12. The van der Waals surface area contributed by atoms with Gasteiger partial charge in [0, 0.05) is 24.5 Å². The number of aryl methyl sites for hydroxylation is 1. The van der Waals surface area contributed by atoms with Gasteiger partial charge in [-0.3, -0.25) is 14.6 Å². The molecule has 5 heteroatoms. The van der Waals surface area contributed by atoms with Gasteiger partial charge in [0.15, 0.2) is 0 Å². The predicted octanol–water partition coefficient (Wildman–Crippen LogP) is 1.62. The highest BCUT2D eigenvalue weighted by Gasteiger charge is 2.28. The number of carbonyl (C=O) groups is 2. The Kier molecular flexibility index (Phi) is 3.10. The summed E-state index contributed by atoms with van der Waals surface area (Å²) in [6, 6.07) is 7.59. The van der Waals surface area contributed by atoms with Gasteiger partial charge in [0.05, 0.1) is 17.1 Å². The first-order valence-corrected chi connectivity index (χ1v) is 6.57. The summed E-state index contributed by atoms with van der Waals surface area (Å²) in [6.45, 7) is 2.40. The second kappa shape index (κ2) is 4.92. The molecule has 1 fully saturated rings. The van der Waals surface area contributed by atoms with Crippen LogP contribution in [0, 0.1) is 12.8 Å². The molecule has 2 aromatic rings. The van der Waals surface area contributed by atoms with E-state index in [1.807, 2.05) is 31.2 Å². The fraction of sp³-hybridized carbons (Fsp3) is 0.267. The van der Waals surface area contributed by atoms with Crippen LogP contribution in [-0.2, 0) is 9.59 Å². The highest BCUT2D eigenvalue weighted by atomic mass is 16.2. The van der Waals surface area contributed by atoms with Gasteiger partial charge >= 0.3 is 0 Å². The van der Waals surface area contributed by atoms with E-state index in [9.17, 15) is 9.59 Å². The molecule has 2 heterocycles.